The Bertz CT molecular complexity index is 172. The Morgan fingerprint density at radius 3 is 1.67 bits per heavy atom. The number of rotatable bonds is 4. The van der Waals surface area contributed by atoms with Gasteiger partial charge in [0, 0.05) is 18.9 Å². The molecular formula is C7H10LiN2O2. The van der Waals surface area contributed by atoms with Crippen LogP contribution in [0, 0.1) is 0 Å². The fourth-order valence-corrected chi connectivity index (χ4v) is 0.363. The summed E-state index contributed by atoms with van der Waals surface area (Å²) < 4.78 is 0. The van der Waals surface area contributed by atoms with Crippen molar-refractivity contribution < 1.29 is 9.59 Å². The SMILES string of the molecule is C=CC(=O)NCNC(=O)C=C.[Li]. The molecule has 61 valence electrons. The molecule has 0 aliphatic heterocycles. The maximum Gasteiger partial charge on any atom is 0.244 e. The van der Waals surface area contributed by atoms with Gasteiger partial charge in [-0.1, -0.05) is 13.2 Å². The van der Waals surface area contributed by atoms with E-state index in [1.807, 2.05) is 0 Å². The van der Waals surface area contributed by atoms with Gasteiger partial charge in [0.1, 0.15) is 0 Å². The summed E-state index contributed by atoms with van der Waals surface area (Å²) in [5, 5.41) is 4.72. The van der Waals surface area contributed by atoms with E-state index in [-0.39, 0.29) is 37.3 Å². The average Bonchev–Trinajstić information content (AvgIpc) is 2.04. The van der Waals surface area contributed by atoms with Crippen LogP contribution in [0.5, 0.6) is 0 Å². The van der Waals surface area contributed by atoms with E-state index in [0.29, 0.717) is 0 Å². The number of amides is 2. The number of carbonyl (C=O) groups is 2. The van der Waals surface area contributed by atoms with Crippen LogP contribution in [-0.2, 0) is 9.59 Å². The Kier molecular flexibility index (Phi) is 9.20. The van der Waals surface area contributed by atoms with Gasteiger partial charge in [0.2, 0.25) is 11.8 Å². The summed E-state index contributed by atoms with van der Waals surface area (Å²) in [6.45, 7) is 6.56. The molecule has 0 aromatic heterocycles. The number of hydrogen-bond acceptors (Lipinski definition) is 2. The fourth-order valence-electron chi connectivity index (χ4n) is 0.363. The zero-order chi connectivity index (χ0) is 8.69. The zero-order valence-electron chi connectivity index (χ0n) is 7.09. The summed E-state index contributed by atoms with van der Waals surface area (Å²) >= 11 is 0. The monoisotopic (exact) mass is 161 g/mol. The van der Waals surface area contributed by atoms with E-state index in [1.165, 1.54) is 0 Å². The van der Waals surface area contributed by atoms with Crippen molar-refractivity contribution in [3.05, 3.63) is 25.3 Å². The molecule has 2 amide bonds. The zero-order valence-corrected chi connectivity index (χ0v) is 7.09. The maximum absolute atomic E-state index is 10.5. The summed E-state index contributed by atoms with van der Waals surface area (Å²) in [6.07, 6.45) is 2.25. The van der Waals surface area contributed by atoms with Crippen LogP contribution in [-0.4, -0.2) is 37.3 Å². The fraction of sp³-hybridized carbons (Fsp3) is 0.143. The quantitative estimate of drug-likeness (QED) is 0.321. The molecule has 0 aromatic carbocycles. The number of carbonyl (C=O) groups excluding carboxylic acids is 2. The normalized spacial score (nSPS) is 7.33. The van der Waals surface area contributed by atoms with Crippen LogP contribution in [0.1, 0.15) is 0 Å². The topological polar surface area (TPSA) is 58.2 Å². The van der Waals surface area contributed by atoms with E-state index < -0.39 is 0 Å². The Hall–Kier alpha value is -0.983. The Morgan fingerprint density at radius 2 is 1.42 bits per heavy atom. The van der Waals surface area contributed by atoms with Crippen LogP contribution < -0.4 is 10.6 Å². The van der Waals surface area contributed by atoms with Crippen molar-refractivity contribution in [1.29, 1.82) is 0 Å². The predicted octanol–water partition coefficient (Wildman–Crippen LogP) is -0.833. The van der Waals surface area contributed by atoms with Gasteiger partial charge in [0.15, 0.2) is 0 Å². The molecule has 0 saturated heterocycles. The molecule has 1 radical (unpaired) electrons. The van der Waals surface area contributed by atoms with Crippen molar-refractivity contribution in [2.75, 3.05) is 6.67 Å². The summed E-state index contributed by atoms with van der Waals surface area (Å²) in [7, 11) is 0. The van der Waals surface area contributed by atoms with Gasteiger partial charge in [-0.2, -0.15) is 0 Å². The second-order valence-corrected chi connectivity index (χ2v) is 1.67. The van der Waals surface area contributed by atoms with Crippen LogP contribution >= 0.6 is 0 Å². The van der Waals surface area contributed by atoms with Crippen molar-refractivity contribution in [1.82, 2.24) is 10.6 Å². The largest absolute Gasteiger partial charge is 0.335 e. The van der Waals surface area contributed by atoms with E-state index in [9.17, 15) is 9.59 Å². The van der Waals surface area contributed by atoms with E-state index in [2.05, 4.69) is 23.8 Å². The summed E-state index contributed by atoms with van der Waals surface area (Å²) in [4.78, 5) is 21.0. The first kappa shape index (κ1) is 13.6. The van der Waals surface area contributed by atoms with Crippen LogP contribution in [0.15, 0.2) is 25.3 Å². The van der Waals surface area contributed by atoms with Crippen molar-refractivity contribution >= 4 is 30.7 Å². The minimum Gasteiger partial charge on any atom is -0.335 e. The maximum atomic E-state index is 10.5. The molecule has 0 unspecified atom stereocenters. The Morgan fingerprint density at radius 1 is 1.08 bits per heavy atom. The summed E-state index contributed by atoms with van der Waals surface area (Å²) in [6, 6.07) is 0. The predicted molar refractivity (Wildman–Crippen MR) is 47.3 cm³/mol. The molecule has 2 N–H and O–H groups in total. The number of hydrogen-bond donors (Lipinski definition) is 2. The van der Waals surface area contributed by atoms with E-state index in [4.69, 9.17) is 0 Å². The van der Waals surface area contributed by atoms with Gasteiger partial charge >= 0.3 is 0 Å². The molecule has 0 aliphatic carbocycles. The van der Waals surface area contributed by atoms with Gasteiger partial charge in [-0.25, -0.2) is 0 Å². The Labute approximate surface area is 83.3 Å². The van der Waals surface area contributed by atoms with Crippen molar-refractivity contribution in [3.8, 4) is 0 Å². The van der Waals surface area contributed by atoms with Gasteiger partial charge in [-0.15, -0.1) is 0 Å². The smallest absolute Gasteiger partial charge is 0.244 e. The standard InChI is InChI=1S/C7H10N2O2.Li/c1-3-6(10)8-5-9-7(11)4-2;/h3-4H,1-2,5H2,(H,8,10)(H,9,11);. The van der Waals surface area contributed by atoms with E-state index in [0.717, 1.165) is 12.2 Å². The van der Waals surface area contributed by atoms with Crippen molar-refractivity contribution in [2.45, 2.75) is 0 Å². The Balaban J connectivity index is 0. The first-order valence-electron chi connectivity index (χ1n) is 3.01. The molecule has 5 heteroatoms. The van der Waals surface area contributed by atoms with Gasteiger partial charge in [0.05, 0.1) is 6.67 Å². The molecule has 0 atom stereocenters. The molecule has 0 heterocycles. The average molecular weight is 161 g/mol. The molecule has 0 fully saturated rings. The van der Waals surface area contributed by atoms with Crippen molar-refractivity contribution in [2.24, 2.45) is 0 Å². The molecule has 0 bridgehead atoms. The first-order chi connectivity index (χ1) is 5.20. The third kappa shape index (κ3) is 7.13. The molecular weight excluding hydrogens is 151 g/mol. The van der Waals surface area contributed by atoms with E-state index >= 15 is 0 Å². The summed E-state index contributed by atoms with van der Waals surface area (Å²) in [5.41, 5.74) is 0. The molecule has 4 nitrogen and oxygen atoms in total. The first-order valence-corrected chi connectivity index (χ1v) is 3.01. The minimum absolute atomic E-state index is 0. The summed E-state index contributed by atoms with van der Waals surface area (Å²) in [5.74, 6) is -0.649. The van der Waals surface area contributed by atoms with Crippen molar-refractivity contribution in [3.63, 3.8) is 0 Å². The molecule has 0 spiro atoms. The minimum atomic E-state index is -0.325. The number of nitrogens with one attached hydrogen (secondary N) is 2. The van der Waals surface area contributed by atoms with Gasteiger partial charge in [-0.3, -0.25) is 9.59 Å². The van der Waals surface area contributed by atoms with Gasteiger partial charge < -0.3 is 10.6 Å². The van der Waals surface area contributed by atoms with Crippen LogP contribution in [0.4, 0.5) is 0 Å². The van der Waals surface area contributed by atoms with Crippen LogP contribution in [0.3, 0.4) is 0 Å². The third-order valence-corrected chi connectivity index (χ3v) is 0.896. The molecule has 0 aromatic rings. The van der Waals surface area contributed by atoms with Gasteiger partial charge in [0.25, 0.3) is 0 Å². The van der Waals surface area contributed by atoms with Crippen LogP contribution in [0.25, 0.3) is 0 Å². The van der Waals surface area contributed by atoms with E-state index in [1.54, 1.807) is 0 Å². The van der Waals surface area contributed by atoms with Crippen LogP contribution in [0.2, 0.25) is 0 Å². The second kappa shape index (κ2) is 8.12. The molecule has 0 rings (SSSR count). The second-order valence-electron chi connectivity index (χ2n) is 1.67. The van der Waals surface area contributed by atoms with Gasteiger partial charge in [-0.05, 0) is 12.2 Å². The molecule has 12 heavy (non-hydrogen) atoms. The third-order valence-electron chi connectivity index (χ3n) is 0.896. The molecule has 0 saturated carbocycles. The molecule has 0 aliphatic rings.